The topological polar surface area (TPSA) is 29.9 Å². The summed E-state index contributed by atoms with van der Waals surface area (Å²) in [6.07, 6.45) is 7.15. The predicted molar refractivity (Wildman–Crippen MR) is 47.2 cm³/mol. The van der Waals surface area contributed by atoms with Crippen LogP contribution in [-0.4, -0.2) is 9.55 Å². The molecule has 11 heavy (non-hydrogen) atoms. The van der Waals surface area contributed by atoms with Gasteiger partial charge in [-0.05, 0) is 15.9 Å². The molecular formula is C6H5BrClN3. The standard InChI is InChI=1S/C6H5BrClN3/c7-6(8)5-9-1-3-11(5)4-2-10-6/h1-4,10H. The van der Waals surface area contributed by atoms with Crippen molar-refractivity contribution in [2.75, 3.05) is 0 Å². The molecule has 1 aromatic rings. The number of fused-ring (bicyclic) bond motifs is 1. The Morgan fingerprint density at radius 1 is 1.73 bits per heavy atom. The number of rotatable bonds is 0. The minimum Gasteiger partial charge on any atom is -0.357 e. The SMILES string of the molecule is ClC1(Br)NC=Cn2ccnc21. The average Bonchev–Trinajstić information content (AvgIpc) is 2.34. The van der Waals surface area contributed by atoms with E-state index in [9.17, 15) is 0 Å². The second-order valence-corrected chi connectivity index (χ2v) is 4.41. The maximum Gasteiger partial charge on any atom is 0.227 e. The lowest BCUT2D eigenvalue weighted by molar-refractivity contribution is 0.690. The van der Waals surface area contributed by atoms with Gasteiger partial charge in [0, 0.05) is 24.8 Å². The number of hydrogen-bond acceptors (Lipinski definition) is 2. The van der Waals surface area contributed by atoms with E-state index in [0.717, 1.165) is 5.82 Å². The lowest BCUT2D eigenvalue weighted by Crippen LogP contribution is -2.32. The van der Waals surface area contributed by atoms with Crippen LogP contribution in [0.4, 0.5) is 0 Å². The summed E-state index contributed by atoms with van der Waals surface area (Å²) in [6.45, 7) is 0. The van der Waals surface area contributed by atoms with E-state index in [1.807, 2.05) is 17.0 Å². The zero-order valence-corrected chi connectivity index (χ0v) is 7.80. The Morgan fingerprint density at radius 3 is 3.27 bits per heavy atom. The molecule has 0 bridgehead atoms. The molecule has 1 atom stereocenters. The summed E-state index contributed by atoms with van der Waals surface area (Å²) < 4.78 is 1.09. The second-order valence-electron chi connectivity index (χ2n) is 2.19. The number of hydrogen-bond donors (Lipinski definition) is 1. The molecule has 1 aromatic heterocycles. The van der Waals surface area contributed by atoms with E-state index >= 15 is 0 Å². The van der Waals surface area contributed by atoms with Crippen LogP contribution in [0.15, 0.2) is 18.6 Å². The molecule has 58 valence electrons. The highest BCUT2D eigenvalue weighted by atomic mass is 79.9. The first kappa shape index (κ1) is 7.18. The van der Waals surface area contributed by atoms with Gasteiger partial charge in [0.25, 0.3) is 0 Å². The van der Waals surface area contributed by atoms with Crippen molar-refractivity contribution in [3.63, 3.8) is 0 Å². The highest BCUT2D eigenvalue weighted by Gasteiger charge is 2.30. The summed E-state index contributed by atoms with van der Waals surface area (Å²) in [5, 5.41) is 2.92. The third kappa shape index (κ3) is 1.06. The average molecular weight is 234 g/mol. The molecule has 0 amide bonds. The molecule has 5 heteroatoms. The molecule has 1 aliphatic heterocycles. The maximum absolute atomic E-state index is 6.01. The number of nitrogens with zero attached hydrogens (tertiary/aromatic N) is 2. The smallest absolute Gasteiger partial charge is 0.227 e. The highest BCUT2D eigenvalue weighted by Crippen LogP contribution is 2.33. The van der Waals surface area contributed by atoms with Gasteiger partial charge in [0.15, 0.2) is 5.82 Å². The van der Waals surface area contributed by atoms with Gasteiger partial charge in [0.05, 0.1) is 0 Å². The van der Waals surface area contributed by atoms with Crippen molar-refractivity contribution < 1.29 is 0 Å². The van der Waals surface area contributed by atoms with Gasteiger partial charge in [-0.25, -0.2) is 4.98 Å². The minimum atomic E-state index is -0.759. The Bertz CT molecular complexity index is 305. The lowest BCUT2D eigenvalue weighted by atomic mass is 10.5. The molecule has 0 spiro atoms. The van der Waals surface area contributed by atoms with Crippen molar-refractivity contribution in [3.8, 4) is 0 Å². The van der Waals surface area contributed by atoms with Crippen LogP contribution in [0.1, 0.15) is 5.82 Å². The van der Waals surface area contributed by atoms with E-state index < -0.39 is 3.91 Å². The van der Waals surface area contributed by atoms with Gasteiger partial charge in [-0.15, -0.1) is 0 Å². The van der Waals surface area contributed by atoms with E-state index in [-0.39, 0.29) is 0 Å². The first-order valence-electron chi connectivity index (χ1n) is 3.06. The van der Waals surface area contributed by atoms with E-state index in [0.29, 0.717) is 0 Å². The molecule has 0 saturated carbocycles. The molecule has 0 saturated heterocycles. The fraction of sp³-hybridized carbons (Fsp3) is 0.167. The summed E-state index contributed by atoms with van der Waals surface area (Å²) >= 11 is 9.30. The first-order valence-corrected chi connectivity index (χ1v) is 4.23. The van der Waals surface area contributed by atoms with Crippen molar-refractivity contribution in [1.82, 2.24) is 14.9 Å². The summed E-state index contributed by atoms with van der Waals surface area (Å²) in [4.78, 5) is 4.08. The van der Waals surface area contributed by atoms with Crippen molar-refractivity contribution >= 4 is 33.7 Å². The van der Waals surface area contributed by atoms with Crippen LogP contribution in [0.3, 0.4) is 0 Å². The Hall–Kier alpha value is -0.480. The third-order valence-corrected chi connectivity index (χ3v) is 2.31. The summed E-state index contributed by atoms with van der Waals surface area (Å²) in [7, 11) is 0. The minimum absolute atomic E-state index is 0.738. The van der Waals surface area contributed by atoms with Crippen molar-refractivity contribution in [2.24, 2.45) is 0 Å². The number of aromatic nitrogens is 2. The summed E-state index contributed by atoms with van der Waals surface area (Å²) in [5.41, 5.74) is 0. The van der Waals surface area contributed by atoms with Crippen LogP contribution in [0.2, 0.25) is 0 Å². The van der Waals surface area contributed by atoms with Gasteiger partial charge < -0.3 is 9.88 Å². The molecule has 0 aliphatic carbocycles. The molecule has 1 aliphatic rings. The Balaban J connectivity index is 2.58. The Morgan fingerprint density at radius 2 is 2.55 bits per heavy atom. The van der Waals surface area contributed by atoms with Crippen LogP contribution in [0.5, 0.6) is 0 Å². The Labute approximate surface area is 77.2 Å². The zero-order valence-electron chi connectivity index (χ0n) is 5.46. The largest absolute Gasteiger partial charge is 0.357 e. The zero-order chi connectivity index (χ0) is 7.90. The van der Waals surface area contributed by atoms with Gasteiger partial charge in [0.2, 0.25) is 3.91 Å². The lowest BCUT2D eigenvalue weighted by Gasteiger charge is -2.23. The molecule has 3 nitrogen and oxygen atoms in total. The van der Waals surface area contributed by atoms with Crippen LogP contribution >= 0.6 is 27.5 Å². The van der Waals surface area contributed by atoms with Crippen LogP contribution < -0.4 is 5.32 Å². The number of imidazole rings is 1. The third-order valence-electron chi connectivity index (χ3n) is 1.45. The molecule has 0 fully saturated rings. The van der Waals surface area contributed by atoms with Gasteiger partial charge in [-0.2, -0.15) is 0 Å². The predicted octanol–water partition coefficient (Wildman–Crippen LogP) is 1.66. The summed E-state index contributed by atoms with van der Waals surface area (Å²) in [5.74, 6) is 0.738. The monoisotopic (exact) mass is 233 g/mol. The molecule has 2 rings (SSSR count). The first-order chi connectivity index (χ1) is 5.20. The molecule has 1 unspecified atom stereocenters. The number of alkyl halides is 2. The van der Waals surface area contributed by atoms with Crippen molar-refractivity contribution in [3.05, 3.63) is 24.4 Å². The van der Waals surface area contributed by atoms with Gasteiger partial charge >= 0.3 is 0 Å². The quantitative estimate of drug-likeness (QED) is 0.546. The molecule has 2 heterocycles. The van der Waals surface area contributed by atoms with E-state index in [1.54, 1.807) is 12.4 Å². The van der Waals surface area contributed by atoms with Gasteiger partial charge in [-0.3, -0.25) is 0 Å². The Kier molecular flexibility index (Phi) is 1.47. The van der Waals surface area contributed by atoms with Crippen molar-refractivity contribution in [2.45, 2.75) is 3.91 Å². The van der Waals surface area contributed by atoms with Gasteiger partial charge in [0.1, 0.15) is 0 Å². The fourth-order valence-electron chi connectivity index (χ4n) is 0.963. The van der Waals surface area contributed by atoms with Crippen LogP contribution in [-0.2, 0) is 3.91 Å². The fourth-order valence-corrected chi connectivity index (χ4v) is 1.61. The molecular weight excluding hydrogens is 229 g/mol. The highest BCUT2D eigenvalue weighted by molar-refractivity contribution is 9.10. The van der Waals surface area contributed by atoms with E-state index in [4.69, 9.17) is 11.6 Å². The summed E-state index contributed by atoms with van der Waals surface area (Å²) in [6, 6.07) is 0. The molecule has 0 radical (unpaired) electrons. The van der Waals surface area contributed by atoms with Crippen LogP contribution in [0.25, 0.3) is 6.20 Å². The van der Waals surface area contributed by atoms with Crippen LogP contribution in [0, 0.1) is 0 Å². The number of halogens is 2. The van der Waals surface area contributed by atoms with E-state index in [2.05, 4.69) is 26.2 Å². The van der Waals surface area contributed by atoms with Gasteiger partial charge in [-0.1, -0.05) is 11.6 Å². The number of nitrogens with one attached hydrogen (secondary N) is 1. The maximum atomic E-state index is 6.01. The molecule has 1 N–H and O–H groups in total. The molecule has 0 aromatic carbocycles. The normalized spacial score (nSPS) is 27.8. The van der Waals surface area contributed by atoms with Crippen molar-refractivity contribution in [1.29, 1.82) is 0 Å². The second kappa shape index (κ2) is 2.25. The van der Waals surface area contributed by atoms with E-state index in [1.165, 1.54) is 0 Å².